The fraction of sp³-hybridized carbons (Fsp3) is 0.222. The zero-order chi connectivity index (χ0) is 25.5. The van der Waals surface area contributed by atoms with Gasteiger partial charge in [-0.2, -0.15) is 0 Å². The summed E-state index contributed by atoms with van der Waals surface area (Å²) >= 11 is 1.27. The number of nitrogens with one attached hydrogen (secondary N) is 1. The first kappa shape index (κ1) is 25.1. The standard InChI is InChI=1S/C27H27N3O5S/c1-33-21-10-4-18(5-11-21)17-30-25(31)16-24(26(32)28-19-6-12-22(34-2)13-7-19)36-27(30)29-20-8-14-23(35-3)15-9-20/h4-15,24H,16-17H2,1-3H3,(H,28,32)/t24-/m1/s1. The van der Waals surface area contributed by atoms with Crippen molar-refractivity contribution < 1.29 is 23.8 Å². The molecule has 1 saturated heterocycles. The Morgan fingerprint density at radius 2 is 1.42 bits per heavy atom. The minimum Gasteiger partial charge on any atom is -0.497 e. The number of hydrogen-bond donors (Lipinski definition) is 1. The number of amidine groups is 1. The predicted octanol–water partition coefficient (Wildman–Crippen LogP) is 4.87. The Balaban J connectivity index is 1.57. The van der Waals surface area contributed by atoms with Crippen molar-refractivity contribution in [3.63, 3.8) is 0 Å². The van der Waals surface area contributed by atoms with Crippen molar-refractivity contribution in [1.82, 2.24) is 4.90 Å². The lowest BCUT2D eigenvalue weighted by atomic mass is 10.2. The van der Waals surface area contributed by atoms with Crippen LogP contribution in [-0.4, -0.2) is 48.5 Å². The first-order valence-corrected chi connectivity index (χ1v) is 12.1. The third-order valence-electron chi connectivity index (χ3n) is 5.59. The molecule has 3 aromatic carbocycles. The van der Waals surface area contributed by atoms with Gasteiger partial charge in [-0.15, -0.1) is 0 Å². The van der Waals surface area contributed by atoms with Gasteiger partial charge in [0.2, 0.25) is 11.8 Å². The van der Waals surface area contributed by atoms with E-state index < -0.39 is 5.25 Å². The molecule has 1 aliphatic heterocycles. The van der Waals surface area contributed by atoms with Crippen LogP contribution in [0.15, 0.2) is 77.8 Å². The number of carbonyl (C=O) groups excluding carboxylic acids is 2. The van der Waals surface area contributed by atoms with Crippen molar-refractivity contribution in [2.45, 2.75) is 18.2 Å². The molecule has 0 spiro atoms. The summed E-state index contributed by atoms with van der Waals surface area (Å²) in [6, 6.07) is 21.8. The van der Waals surface area contributed by atoms with Crippen LogP contribution in [0.4, 0.5) is 11.4 Å². The van der Waals surface area contributed by atoms with Crippen LogP contribution in [0.2, 0.25) is 0 Å². The second kappa shape index (κ2) is 11.6. The molecule has 9 heteroatoms. The van der Waals surface area contributed by atoms with Gasteiger partial charge in [0.1, 0.15) is 22.5 Å². The molecule has 2 amide bonds. The van der Waals surface area contributed by atoms with Gasteiger partial charge in [-0.3, -0.25) is 14.5 Å². The zero-order valence-corrected chi connectivity index (χ0v) is 21.1. The molecule has 186 valence electrons. The van der Waals surface area contributed by atoms with Crippen LogP contribution < -0.4 is 19.5 Å². The minimum absolute atomic E-state index is 0.0600. The maximum absolute atomic E-state index is 13.3. The molecule has 36 heavy (non-hydrogen) atoms. The van der Waals surface area contributed by atoms with E-state index in [1.54, 1.807) is 62.6 Å². The summed E-state index contributed by atoms with van der Waals surface area (Å²) in [4.78, 5) is 32.7. The zero-order valence-electron chi connectivity index (χ0n) is 20.3. The quantitative estimate of drug-likeness (QED) is 0.470. The van der Waals surface area contributed by atoms with Crippen LogP contribution in [0.3, 0.4) is 0 Å². The van der Waals surface area contributed by atoms with Crippen LogP contribution in [0.5, 0.6) is 17.2 Å². The van der Waals surface area contributed by atoms with Crippen molar-refractivity contribution >= 4 is 40.1 Å². The number of amides is 2. The SMILES string of the molecule is COc1ccc(CN2C(=O)C[C@H](C(=O)Nc3ccc(OC)cc3)SC2=Nc2ccc(OC)cc2)cc1. The highest BCUT2D eigenvalue weighted by molar-refractivity contribution is 8.15. The summed E-state index contributed by atoms with van der Waals surface area (Å²) < 4.78 is 15.6. The number of nitrogens with zero attached hydrogens (tertiary/aromatic N) is 2. The molecule has 1 N–H and O–H groups in total. The molecule has 8 nitrogen and oxygen atoms in total. The van der Waals surface area contributed by atoms with Crippen molar-refractivity contribution in [3.8, 4) is 17.2 Å². The Hall–Kier alpha value is -3.98. The molecule has 0 unspecified atom stereocenters. The van der Waals surface area contributed by atoms with Gasteiger partial charge in [0.25, 0.3) is 0 Å². The van der Waals surface area contributed by atoms with E-state index in [1.165, 1.54) is 11.8 Å². The molecule has 1 fully saturated rings. The van der Waals surface area contributed by atoms with E-state index >= 15 is 0 Å². The lowest BCUT2D eigenvalue weighted by Crippen LogP contribution is -2.44. The molecule has 1 aliphatic rings. The van der Waals surface area contributed by atoms with Crippen molar-refractivity contribution in [2.24, 2.45) is 4.99 Å². The van der Waals surface area contributed by atoms with Crippen molar-refractivity contribution in [3.05, 3.63) is 78.4 Å². The number of methoxy groups -OCH3 is 3. The molecule has 0 aliphatic carbocycles. The predicted molar refractivity (Wildman–Crippen MR) is 141 cm³/mol. The lowest BCUT2D eigenvalue weighted by Gasteiger charge is -2.32. The highest BCUT2D eigenvalue weighted by Gasteiger charge is 2.36. The number of rotatable bonds is 8. The second-order valence-corrected chi connectivity index (χ2v) is 9.12. The third kappa shape index (κ3) is 6.17. The van der Waals surface area contributed by atoms with E-state index in [2.05, 4.69) is 5.32 Å². The fourth-order valence-electron chi connectivity index (χ4n) is 3.57. The van der Waals surface area contributed by atoms with E-state index in [1.807, 2.05) is 36.4 Å². The summed E-state index contributed by atoms with van der Waals surface area (Å²) in [7, 11) is 4.79. The van der Waals surface area contributed by atoms with E-state index in [4.69, 9.17) is 19.2 Å². The molecule has 0 bridgehead atoms. The van der Waals surface area contributed by atoms with Crippen LogP contribution >= 0.6 is 11.8 Å². The van der Waals surface area contributed by atoms with Gasteiger partial charge < -0.3 is 19.5 Å². The average Bonchev–Trinajstić information content (AvgIpc) is 2.91. The number of aliphatic imine (C=N–C) groups is 1. The number of thioether (sulfide) groups is 1. The summed E-state index contributed by atoms with van der Waals surface area (Å²) in [5, 5.41) is 2.73. The van der Waals surface area contributed by atoms with Gasteiger partial charge in [0.15, 0.2) is 5.17 Å². The molecule has 1 atom stereocenters. The van der Waals surface area contributed by atoms with Crippen molar-refractivity contribution in [2.75, 3.05) is 26.6 Å². The Kier molecular flexibility index (Phi) is 8.12. The highest BCUT2D eigenvalue weighted by Crippen LogP contribution is 2.32. The Morgan fingerprint density at radius 3 is 1.97 bits per heavy atom. The monoisotopic (exact) mass is 505 g/mol. The third-order valence-corrected chi connectivity index (χ3v) is 6.77. The van der Waals surface area contributed by atoms with Crippen LogP contribution in [-0.2, 0) is 16.1 Å². The van der Waals surface area contributed by atoms with Gasteiger partial charge in [0, 0.05) is 12.1 Å². The molecule has 3 aromatic rings. The van der Waals surface area contributed by atoms with Gasteiger partial charge >= 0.3 is 0 Å². The lowest BCUT2D eigenvalue weighted by molar-refractivity contribution is -0.129. The van der Waals surface area contributed by atoms with Crippen LogP contribution in [0, 0.1) is 0 Å². The topological polar surface area (TPSA) is 89.5 Å². The molecule has 0 radical (unpaired) electrons. The molecule has 4 rings (SSSR count). The van der Waals surface area contributed by atoms with Crippen LogP contribution in [0.25, 0.3) is 0 Å². The minimum atomic E-state index is -0.622. The highest BCUT2D eigenvalue weighted by atomic mass is 32.2. The van der Waals surface area contributed by atoms with E-state index in [0.29, 0.717) is 34.6 Å². The first-order chi connectivity index (χ1) is 17.5. The smallest absolute Gasteiger partial charge is 0.238 e. The van der Waals surface area contributed by atoms with E-state index in [9.17, 15) is 9.59 Å². The summed E-state index contributed by atoms with van der Waals surface area (Å²) in [6.45, 7) is 0.331. The molecule has 1 heterocycles. The van der Waals surface area contributed by atoms with Crippen LogP contribution in [0.1, 0.15) is 12.0 Å². The number of carbonyl (C=O) groups is 2. The maximum atomic E-state index is 13.3. The van der Waals surface area contributed by atoms with Crippen molar-refractivity contribution in [1.29, 1.82) is 0 Å². The molecule has 0 aromatic heterocycles. The van der Waals surface area contributed by atoms with Gasteiger partial charge in [0.05, 0.1) is 33.6 Å². The van der Waals surface area contributed by atoms with E-state index in [-0.39, 0.29) is 18.2 Å². The first-order valence-electron chi connectivity index (χ1n) is 11.3. The Bertz CT molecular complexity index is 1230. The molecular formula is C27H27N3O5S. The summed E-state index contributed by atoms with van der Waals surface area (Å²) in [5.41, 5.74) is 2.21. The maximum Gasteiger partial charge on any atom is 0.238 e. The number of ether oxygens (including phenoxy) is 3. The van der Waals surface area contributed by atoms with E-state index in [0.717, 1.165) is 11.3 Å². The Morgan fingerprint density at radius 1 is 0.889 bits per heavy atom. The second-order valence-electron chi connectivity index (χ2n) is 7.95. The van der Waals surface area contributed by atoms with Gasteiger partial charge in [-0.25, -0.2) is 4.99 Å². The van der Waals surface area contributed by atoms with Gasteiger partial charge in [-0.1, -0.05) is 23.9 Å². The Labute approximate surface area is 214 Å². The average molecular weight is 506 g/mol. The fourth-order valence-corrected chi connectivity index (χ4v) is 4.67. The molecule has 0 saturated carbocycles. The van der Waals surface area contributed by atoms with Gasteiger partial charge in [-0.05, 0) is 66.2 Å². The molecular weight excluding hydrogens is 478 g/mol. The summed E-state index contributed by atoms with van der Waals surface area (Å²) in [6.07, 6.45) is 0.0600. The largest absolute Gasteiger partial charge is 0.497 e. The summed E-state index contributed by atoms with van der Waals surface area (Å²) in [5.74, 6) is 1.70. The number of benzene rings is 3. The number of anilines is 1. The number of hydrogen-bond acceptors (Lipinski definition) is 7. The normalized spacial score (nSPS) is 16.5.